The minimum atomic E-state index is -0.769. The summed E-state index contributed by atoms with van der Waals surface area (Å²) in [5, 5.41) is 3.69. The normalized spacial score (nSPS) is 25.2. The lowest BCUT2D eigenvalue weighted by Crippen LogP contribution is -2.32. The van der Waals surface area contributed by atoms with Crippen molar-refractivity contribution < 1.29 is 9.59 Å². The standard InChI is InChI=1S/C11H11N3O2/c12-11(16)14-13-9-6-5-7-3-1-2-4-8(7)10(9)15/h1-5,8H,6H2,(H3,12,14,16). The molecule has 1 atom stereocenters. The topological polar surface area (TPSA) is 84.6 Å². The van der Waals surface area contributed by atoms with E-state index in [1.165, 1.54) is 0 Å². The molecule has 0 saturated heterocycles. The van der Waals surface area contributed by atoms with Crippen molar-refractivity contribution in [1.82, 2.24) is 5.43 Å². The van der Waals surface area contributed by atoms with Gasteiger partial charge in [0.2, 0.25) is 0 Å². The maximum atomic E-state index is 11.9. The highest BCUT2D eigenvalue weighted by Gasteiger charge is 2.28. The number of allylic oxidation sites excluding steroid dienone is 6. The Morgan fingerprint density at radius 3 is 3.06 bits per heavy atom. The van der Waals surface area contributed by atoms with Crippen molar-refractivity contribution in [3.8, 4) is 0 Å². The number of carbonyl (C=O) groups excluding carboxylic acids is 2. The van der Waals surface area contributed by atoms with Crippen molar-refractivity contribution in [2.24, 2.45) is 16.8 Å². The summed E-state index contributed by atoms with van der Waals surface area (Å²) in [7, 11) is 0. The molecule has 82 valence electrons. The first-order valence-electron chi connectivity index (χ1n) is 4.89. The molecule has 5 heteroatoms. The first kappa shape index (κ1) is 10.4. The fraction of sp³-hybridized carbons (Fsp3) is 0.182. The number of primary amides is 1. The van der Waals surface area contributed by atoms with E-state index in [2.05, 4.69) is 10.5 Å². The summed E-state index contributed by atoms with van der Waals surface area (Å²) in [5.74, 6) is -0.362. The molecule has 0 bridgehead atoms. The molecule has 1 unspecified atom stereocenters. The molecule has 0 saturated carbocycles. The average molecular weight is 217 g/mol. The van der Waals surface area contributed by atoms with Crippen LogP contribution in [0.2, 0.25) is 0 Å². The largest absolute Gasteiger partial charge is 0.350 e. The van der Waals surface area contributed by atoms with E-state index in [1.54, 1.807) is 0 Å². The summed E-state index contributed by atoms with van der Waals surface area (Å²) < 4.78 is 0. The van der Waals surface area contributed by atoms with Crippen molar-refractivity contribution in [3.05, 3.63) is 36.0 Å². The van der Waals surface area contributed by atoms with Gasteiger partial charge in [-0.05, 0) is 5.57 Å². The van der Waals surface area contributed by atoms with E-state index in [9.17, 15) is 9.59 Å². The number of amides is 2. The van der Waals surface area contributed by atoms with Crippen LogP contribution >= 0.6 is 0 Å². The van der Waals surface area contributed by atoms with E-state index in [1.807, 2.05) is 30.4 Å². The number of nitrogens with one attached hydrogen (secondary N) is 1. The Hall–Kier alpha value is -2.17. The van der Waals surface area contributed by atoms with Gasteiger partial charge in [-0.3, -0.25) is 4.79 Å². The maximum Gasteiger partial charge on any atom is 0.332 e. The van der Waals surface area contributed by atoms with Crippen LogP contribution in [0.15, 0.2) is 41.1 Å². The van der Waals surface area contributed by atoms with Crippen molar-refractivity contribution in [2.45, 2.75) is 6.42 Å². The summed E-state index contributed by atoms with van der Waals surface area (Å²) in [6, 6.07) is -0.769. The van der Waals surface area contributed by atoms with Gasteiger partial charge in [-0.2, -0.15) is 5.10 Å². The Morgan fingerprint density at radius 1 is 1.50 bits per heavy atom. The van der Waals surface area contributed by atoms with E-state index in [0.29, 0.717) is 12.1 Å². The fourth-order valence-corrected chi connectivity index (χ4v) is 1.71. The first-order valence-corrected chi connectivity index (χ1v) is 4.89. The van der Waals surface area contributed by atoms with Gasteiger partial charge in [0, 0.05) is 6.42 Å². The Kier molecular flexibility index (Phi) is 2.68. The number of nitrogens with zero attached hydrogens (tertiary/aromatic N) is 1. The quantitative estimate of drug-likeness (QED) is 0.632. The SMILES string of the molecule is NC(=O)NN=C1CC=C2C=CC=CC2C1=O. The first-order chi connectivity index (χ1) is 7.68. The molecule has 2 amide bonds. The third-order valence-corrected chi connectivity index (χ3v) is 2.46. The molecular weight excluding hydrogens is 206 g/mol. The van der Waals surface area contributed by atoms with E-state index < -0.39 is 6.03 Å². The zero-order valence-corrected chi connectivity index (χ0v) is 8.51. The van der Waals surface area contributed by atoms with Crippen LogP contribution in [-0.4, -0.2) is 17.5 Å². The predicted molar refractivity (Wildman–Crippen MR) is 59.6 cm³/mol. The lowest BCUT2D eigenvalue weighted by molar-refractivity contribution is -0.114. The maximum absolute atomic E-state index is 11.9. The molecule has 16 heavy (non-hydrogen) atoms. The van der Waals surface area contributed by atoms with Gasteiger partial charge < -0.3 is 5.73 Å². The van der Waals surface area contributed by atoms with Crippen LogP contribution in [0.1, 0.15) is 6.42 Å². The second-order valence-electron chi connectivity index (χ2n) is 3.53. The van der Waals surface area contributed by atoms with E-state index in [0.717, 1.165) is 5.57 Å². The molecular formula is C11H11N3O2. The molecule has 2 rings (SSSR count). The van der Waals surface area contributed by atoms with Crippen molar-refractivity contribution in [1.29, 1.82) is 0 Å². The van der Waals surface area contributed by atoms with Crippen molar-refractivity contribution in [2.75, 3.05) is 0 Å². The van der Waals surface area contributed by atoms with Gasteiger partial charge in [0.1, 0.15) is 5.71 Å². The van der Waals surface area contributed by atoms with Gasteiger partial charge in [-0.25, -0.2) is 10.2 Å². The van der Waals surface area contributed by atoms with Gasteiger partial charge >= 0.3 is 6.03 Å². The minimum absolute atomic E-state index is 0.0909. The molecule has 0 aromatic carbocycles. The summed E-state index contributed by atoms with van der Waals surface area (Å²) in [4.78, 5) is 22.4. The van der Waals surface area contributed by atoms with Crippen LogP contribution in [0.4, 0.5) is 4.79 Å². The van der Waals surface area contributed by atoms with Crippen LogP contribution in [0.3, 0.4) is 0 Å². The number of nitrogens with two attached hydrogens (primary N) is 1. The second-order valence-corrected chi connectivity index (χ2v) is 3.53. The Morgan fingerprint density at radius 2 is 2.31 bits per heavy atom. The van der Waals surface area contributed by atoms with Crippen LogP contribution in [0.5, 0.6) is 0 Å². The Labute approximate surface area is 92.4 Å². The van der Waals surface area contributed by atoms with Crippen molar-refractivity contribution in [3.63, 3.8) is 0 Å². The third kappa shape index (κ3) is 1.93. The third-order valence-electron chi connectivity index (χ3n) is 2.46. The summed E-state index contributed by atoms with van der Waals surface area (Å²) in [5.41, 5.74) is 8.26. The predicted octanol–water partition coefficient (Wildman–Crippen LogP) is 0.652. The number of Topliss-reactive ketones (excluding diaryl/α,β-unsaturated/α-hetero) is 1. The monoisotopic (exact) mass is 217 g/mol. The number of hydrogen-bond donors (Lipinski definition) is 2. The van der Waals surface area contributed by atoms with Gasteiger partial charge in [0.25, 0.3) is 0 Å². The van der Waals surface area contributed by atoms with E-state index in [4.69, 9.17) is 5.73 Å². The van der Waals surface area contributed by atoms with Gasteiger partial charge in [0.15, 0.2) is 5.78 Å². The lowest BCUT2D eigenvalue weighted by Gasteiger charge is -2.20. The molecule has 2 aliphatic rings. The van der Waals surface area contributed by atoms with Crippen molar-refractivity contribution >= 4 is 17.5 Å². The molecule has 0 heterocycles. The number of urea groups is 1. The molecule has 0 aromatic rings. The van der Waals surface area contributed by atoms with Gasteiger partial charge in [-0.1, -0.05) is 30.4 Å². The summed E-state index contributed by atoms with van der Waals surface area (Å²) in [6.45, 7) is 0. The molecule has 0 fully saturated rings. The zero-order valence-electron chi connectivity index (χ0n) is 8.51. The number of fused-ring (bicyclic) bond motifs is 1. The van der Waals surface area contributed by atoms with Gasteiger partial charge in [-0.15, -0.1) is 0 Å². The summed E-state index contributed by atoms with van der Waals surface area (Å²) >= 11 is 0. The molecule has 3 N–H and O–H groups in total. The average Bonchev–Trinajstić information content (AvgIpc) is 2.28. The van der Waals surface area contributed by atoms with E-state index in [-0.39, 0.29) is 11.7 Å². The van der Waals surface area contributed by atoms with Crippen LogP contribution in [0.25, 0.3) is 0 Å². The molecule has 0 spiro atoms. The number of carbonyl (C=O) groups is 2. The summed E-state index contributed by atoms with van der Waals surface area (Å²) in [6.07, 6.45) is 9.77. The highest BCUT2D eigenvalue weighted by atomic mass is 16.2. The molecule has 2 aliphatic carbocycles. The molecule has 0 radical (unpaired) electrons. The minimum Gasteiger partial charge on any atom is -0.350 e. The van der Waals surface area contributed by atoms with E-state index >= 15 is 0 Å². The Bertz CT molecular complexity index is 458. The number of ketones is 1. The van der Waals surface area contributed by atoms with Crippen LogP contribution in [0, 0.1) is 5.92 Å². The Balaban J connectivity index is 2.22. The molecule has 0 aromatic heterocycles. The van der Waals surface area contributed by atoms with Crippen LogP contribution < -0.4 is 11.2 Å². The molecule has 0 aliphatic heterocycles. The lowest BCUT2D eigenvalue weighted by atomic mass is 9.83. The smallest absolute Gasteiger partial charge is 0.332 e. The van der Waals surface area contributed by atoms with Gasteiger partial charge in [0.05, 0.1) is 5.92 Å². The second kappa shape index (κ2) is 4.14. The highest BCUT2D eigenvalue weighted by Crippen LogP contribution is 2.25. The number of hydrazone groups is 1. The number of hydrogen-bond acceptors (Lipinski definition) is 3. The van der Waals surface area contributed by atoms with Crippen LogP contribution in [-0.2, 0) is 4.79 Å². The molecule has 5 nitrogen and oxygen atoms in total. The number of rotatable bonds is 1. The fourth-order valence-electron chi connectivity index (χ4n) is 1.71. The zero-order chi connectivity index (χ0) is 11.5. The highest BCUT2D eigenvalue weighted by molar-refractivity contribution is 6.42.